The van der Waals surface area contributed by atoms with Crippen molar-refractivity contribution in [2.45, 2.75) is 12.5 Å². The van der Waals surface area contributed by atoms with Crippen molar-refractivity contribution >= 4 is 5.91 Å². The summed E-state index contributed by atoms with van der Waals surface area (Å²) in [5.74, 6) is -0.397. The summed E-state index contributed by atoms with van der Waals surface area (Å²) in [7, 11) is 2.05. The lowest BCUT2D eigenvalue weighted by atomic mass is 9.98. The third-order valence-corrected chi connectivity index (χ3v) is 4.25. The number of hydrogen-bond acceptors (Lipinski definition) is 2. The lowest BCUT2D eigenvalue weighted by Crippen LogP contribution is -2.28. The Morgan fingerprint density at radius 1 is 1.12 bits per heavy atom. The van der Waals surface area contributed by atoms with Crippen molar-refractivity contribution in [1.29, 1.82) is 0 Å². The number of carbonyl (C=O) groups excluding carboxylic acids is 1. The number of hydrogen-bond donors (Lipinski definition) is 1. The van der Waals surface area contributed by atoms with E-state index in [-0.39, 0.29) is 17.8 Å². The molecule has 2 aromatic carbocycles. The van der Waals surface area contributed by atoms with E-state index in [0.717, 1.165) is 36.2 Å². The van der Waals surface area contributed by atoms with Gasteiger partial charge in [0.25, 0.3) is 0 Å². The summed E-state index contributed by atoms with van der Waals surface area (Å²) >= 11 is 0. The zero-order valence-electron chi connectivity index (χ0n) is 13.7. The Hall–Kier alpha value is -2.46. The van der Waals surface area contributed by atoms with Crippen LogP contribution in [0.1, 0.15) is 23.6 Å². The molecule has 0 spiro atoms. The van der Waals surface area contributed by atoms with Gasteiger partial charge in [-0.05, 0) is 42.3 Å². The monoisotopic (exact) mass is 324 g/mol. The number of nitrogens with zero attached hydrogens (tertiary/aromatic N) is 1. The maximum atomic E-state index is 13.2. The summed E-state index contributed by atoms with van der Waals surface area (Å²) in [4.78, 5) is 14.6. The average Bonchev–Trinajstić information content (AvgIpc) is 2.99. The molecule has 0 bridgehead atoms. The first-order chi connectivity index (χ1) is 11.6. The number of rotatable bonds is 4. The van der Waals surface area contributed by atoms with Gasteiger partial charge in [-0.2, -0.15) is 0 Å². The highest BCUT2D eigenvalue weighted by atomic mass is 19.1. The van der Waals surface area contributed by atoms with Crippen LogP contribution < -0.4 is 5.32 Å². The van der Waals surface area contributed by atoms with Crippen molar-refractivity contribution in [2.24, 2.45) is 0 Å². The predicted octanol–water partition coefficient (Wildman–Crippen LogP) is 3.29. The Morgan fingerprint density at radius 2 is 1.79 bits per heavy atom. The fourth-order valence-electron chi connectivity index (χ4n) is 2.99. The van der Waals surface area contributed by atoms with Crippen molar-refractivity contribution in [3.05, 3.63) is 83.2 Å². The second kappa shape index (κ2) is 7.41. The van der Waals surface area contributed by atoms with E-state index in [1.807, 2.05) is 37.4 Å². The lowest BCUT2D eigenvalue weighted by molar-refractivity contribution is -0.117. The second-order valence-corrected chi connectivity index (χ2v) is 6.19. The molecule has 0 aliphatic carbocycles. The predicted molar refractivity (Wildman–Crippen MR) is 93.0 cm³/mol. The van der Waals surface area contributed by atoms with Crippen LogP contribution >= 0.6 is 0 Å². The molecule has 0 saturated carbocycles. The molecule has 1 heterocycles. The largest absolute Gasteiger partial charge is 0.342 e. The van der Waals surface area contributed by atoms with Crippen LogP contribution in [0.4, 0.5) is 4.39 Å². The molecule has 0 aromatic heterocycles. The zero-order valence-corrected chi connectivity index (χ0v) is 13.7. The van der Waals surface area contributed by atoms with Crippen LogP contribution in [-0.2, 0) is 4.79 Å². The molecule has 1 aliphatic rings. The Bertz CT molecular complexity index is 725. The minimum atomic E-state index is -0.296. The van der Waals surface area contributed by atoms with E-state index >= 15 is 0 Å². The van der Waals surface area contributed by atoms with Crippen LogP contribution in [0.3, 0.4) is 0 Å². The topological polar surface area (TPSA) is 32.3 Å². The molecule has 4 heteroatoms. The molecule has 1 saturated heterocycles. The van der Waals surface area contributed by atoms with Gasteiger partial charge >= 0.3 is 0 Å². The van der Waals surface area contributed by atoms with E-state index in [4.69, 9.17) is 0 Å². The summed E-state index contributed by atoms with van der Waals surface area (Å²) in [6.45, 7) is 1.82. The summed E-state index contributed by atoms with van der Waals surface area (Å²) in [5.41, 5.74) is 2.97. The fraction of sp³-hybridized carbons (Fsp3) is 0.250. The first-order valence-corrected chi connectivity index (χ1v) is 8.11. The highest BCUT2D eigenvalue weighted by Crippen LogP contribution is 2.22. The molecule has 1 amide bonds. The third-order valence-electron chi connectivity index (χ3n) is 4.25. The quantitative estimate of drug-likeness (QED) is 0.875. The van der Waals surface area contributed by atoms with Crippen molar-refractivity contribution in [1.82, 2.24) is 10.2 Å². The van der Waals surface area contributed by atoms with Gasteiger partial charge < -0.3 is 10.2 Å². The molecule has 3 rings (SSSR count). The van der Waals surface area contributed by atoms with Gasteiger partial charge in [0.2, 0.25) is 5.91 Å². The number of carbonyl (C=O) groups is 1. The van der Waals surface area contributed by atoms with Crippen LogP contribution in [-0.4, -0.2) is 30.9 Å². The van der Waals surface area contributed by atoms with Gasteiger partial charge in [-0.15, -0.1) is 0 Å². The summed E-state index contributed by atoms with van der Waals surface area (Å²) in [5, 5.41) is 3.05. The van der Waals surface area contributed by atoms with Crippen molar-refractivity contribution in [3.63, 3.8) is 0 Å². The number of benzene rings is 2. The molecule has 124 valence electrons. The molecule has 1 atom stereocenters. The van der Waals surface area contributed by atoms with E-state index in [9.17, 15) is 9.18 Å². The maximum absolute atomic E-state index is 13.2. The smallest absolute Gasteiger partial charge is 0.244 e. The molecule has 0 radical (unpaired) electrons. The van der Waals surface area contributed by atoms with Gasteiger partial charge in [-0.1, -0.05) is 42.5 Å². The highest BCUT2D eigenvalue weighted by Gasteiger charge is 2.18. The van der Waals surface area contributed by atoms with Crippen molar-refractivity contribution in [2.75, 3.05) is 20.1 Å². The lowest BCUT2D eigenvalue weighted by Gasteiger charge is -2.19. The van der Waals surface area contributed by atoms with Gasteiger partial charge in [0.15, 0.2) is 0 Å². The van der Waals surface area contributed by atoms with Crippen LogP contribution in [0.2, 0.25) is 0 Å². The van der Waals surface area contributed by atoms with Gasteiger partial charge in [0.05, 0.1) is 6.04 Å². The minimum absolute atomic E-state index is 0.113. The molecule has 3 nitrogen and oxygen atoms in total. The fourth-order valence-corrected chi connectivity index (χ4v) is 2.99. The normalized spacial score (nSPS) is 17.8. The SMILES string of the molecule is CN1CCC(=CC(=O)NC(c2ccccc2)c2ccc(F)cc2)C1. The molecule has 1 unspecified atom stereocenters. The second-order valence-electron chi connectivity index (χ2n) is 6.19. The number of halogens is 1. The zero-order chi connectivity index (χ0) is 16.9. The van der Waals surface area contributed by atoms with Gasteiger partial charge in [0.1, 0.15) is 5.82 Å². The number of nitrogens with one attached hydrogen (secondary N) is 1. The van der Waals surface area contributed by atoms with E-state index in [1.54, 1.807) is 18.2 Å². The van der Waals surface area contributed by atoms with E-state index in [1.165, 1.54) is 12.1 Å². The number of likely N-dealkylation sites (N-methyl/N-ethyl adjacent to an activating group) is 1. The van der Waals surface area contributed by atoms with E-state index in [2.05, 4.69) is 10.2 Å². The van der Waals surface area contributed by atoms with Gasteiger partial charge in [-0.25, -0.2) is 4.39 Å². The number of likely N-dealkylation sites (tertiary alicyclic amines) is 1. The van der Waals surface area contributed by atoms with Gasteiger partial charge in [-0.3, -0.25) is 4.79 Å². The molecule has 1 fully saturated rings. The van der Waals surface area contributed by atoms with Crippen LogP contribution in [0.25, 0.3) is 0 Å². The molecule has 2 aromatic rings. The minimum Gasteiger partial charge on any atom is -0.342 e. The summed E-state index contributed by atoms with van der Waals surface area (Å²) in [6.07, 6.45) is 2.62. The first-order valence-electron chi connectivity index (χ1n) is 8.11. The molecular formula is C20H21FN2O. The van der Waals surface area contributed by atoms with Crippen LogP contribution in [0, 0.1) is 5.82 Å². The Kier molecular flexibility index (Phi) is 5.06. The molecule has 1 N–H and O–H groups in total. The Labute approximate surface area is 141 Å². The van der Waals surface area contributed by atoms with Crippen molar-refractivity contribution < 1.29 is 9.18 Å². The third kappa shape index (κ3) is 4.09. The molecular weight excluding hydrogens is 303 g/mol. The Morgan fingerprint density at radius 3 is 2.42 bits per heavy atom. The van der Waals surface area contributed by atoms with E-state index < -0.39 is 0 Å². The number of amides is 1. The highest BCUT2D eigenvalue weighted by molar-refractivity contribution is 5.89. The maximum Gasteiger partial charge on any atom is 0.244 e. The first kappa shape index (κ1) is 16.4. The summed E-state index contributed by atoms with van der Waals surface area (Å²) in [6, 6.07) is 15.7. The van der Waals surface area contributed by atoms with Crippen LogP contribution in [0.15, 0.2) is 66.2 Å². The van der Waals surface area contributed by atoms with E-state index in [0.29, 0.717) is 0 Å². The van der Waals surface area contributed by atoms with Gasteiger partial charge in [0, 0.05) is 19.2 Å². The standard InChI is InChI=1S/C20H21FN2O/c1-23-12-11-15(14-23)13-19(24)22-20(16-5-3-2-4-6-16)17-7-9-18(21)10-8-17/h2-10,13,20H,11-12,14H2,1H3,(H,22,24). The van der Waals surface area contributed by atoms with Crippen molar-refractivity contribution in [3.8, 4) is 0 Å². The van der Waals surface area contributed by atoms with Crippen LogP contribution in [0.5, 0.6) is 0 Å². The molecule has 24 heavy (non-hydrogen) atoms. The molecule has 1 aliphatic heterocycles. The average molecular weight is 324 g/mol. The Balaban J connectivity index is 1.82. The summed E-state index contributed by atoms with van der Waals surface area (Å²) < 4.78 is 13.2.